The number of ether oxygens (including phenoxy) is 1. The van der Waals surface area contributed by atoms with Crippen LogP contribution in [0.3, 0.4) is 0 Å². The quantitative estimate of drug-likeness (QED) is 0.676. The fourth-order valence-electron chi connectivity index (χ4n) is 3.84. The molecule has 7 heteroatoms. The van der Waals surface area contributed by atoms with Crippen LogP contribution in [-0.4, -0.2) is 40.4 Å². The van der Waals surface area contributed by atoms with Crippen molar-refractivity contribution in [2.24, 2.45) is 5.92 Å². The van der Waals surface area contributed by atoms with Crippen LogP contribution >= 0.6 is 22.9 Å². The van der Waals surface area contributed by atoms with Crippen molar-refractivity contribution in [3.63, 3.8) is 0 Å². The lowest BCUT2D eigenvalue weighted by Crippen LogP contribution is -2.46. The zero-order valence-electron chi connectivity index (χ0n) is 13.8. The van der Waals surface area contributed by atoms with Crippen LogP contribution in [0.4, 0.5) is 5.13 Å². The number of hydrogen-bond acceptors (Lipinski definition) is 5. The van der Waals surface area contributed by atoms with Crippen LogP contribution in [0.25, 0.3) is 16.2 Å². The first-order valence-electron chi connectivity index (χ1n) is 8.75. The molecule has 0 aliphatic carbocycles. The molecular formula is C18H19ClN4OS. The number of halogens is 1. The fourth-order valence-corrected chi connectivity index (χ4v) is 4.88. The van der Waals surface area contributed by atoms with E-state index < -0.39 is 0 Å². The summed E-state index contributed by atoms with van der Waals surface area (Å²) in [7, 11) is 0. The minimum atomic E-state index is 0.450. The van der Waals surface area contributed by atoms with Crippen LogP contribution in [-0.2, 0) is 4.74 Å². The molecule has 25 heavy (non-hydrogen) atoms. The molecule has 3 aromatic rings. The fraction of sp³-hybridized carbons (Fsp3) is 0.444. The first-order valence-corrected chi connectivity index (χ1v) is 9.94. The molecule has 4 heterocycles. The number of nitrogens with zero attached hydrogens (tertiary/aromatic N) is 4. The molecule has 0 spiro atoms. The first kappa shape index (κ1) is 15.6. The Labute approximate surface area is 155 Å². The third-order valence-electron chi connectivity index (χ3n) is 5.16. The van der Waals surface area contributed by atoms with Crippen LogP contribution in [0.1, 0.15) is 19.3 Å². The van der Waals surface area contributed by atoms with Gasteiger partial charge in [0.2, 0.25) is 10.1 Å². The van der Waals surface area contributed by atoms with E-state index in [1.54, 1.807) is 11.3 Å². The number of rotatable bonds is 2. The van der Waals surface area contributed by atoms with Gasteiger partial charge in [-0.15, -0.1) is 5.10 Å². The van der Waals surface area contributed by atoms with Crippen molar-refractivity contribution in [2.45, 2.75) is 25.4 Å². The molecule has 2 atom stereocenters. The number of fused-ring (bicyclic) bond motifs is 2. The van der Waals surface area contributed by atoms with Crippen LogP contribution in [0, 0.1) is 5.92 Å². The van der Waals surface area contributed by atoms with Crippen LogP contribution < -0.4 is 4.90 Å². The Balaban J connectivity index is 1.38. The van der Waals surface area contributed by atoms with Crippen molar-refractivity contribution in [3.8, 4) is 11.3 Å². The minimum absolute atomic E-state index is 0.450. The Hall–Kier alpha value is -1.63. The van der Waals surface area contributed by atoms with E-state index in [0.29, 0.717) is 12.0 Å². The van der Waals surface area contributed by atoms with E-state index in [9.17, 15) is 0 Å². The molecule has 2 aliphatic heterocycles. The highest BCUT2D eigenvalue weighted by atomic mass is 35.5. The molecule has 5 nitrogen and oxygen atoms in total. The number of anilines is 1. The van der Waals surface area contributed by atoms with Gasteiger partial charge in [0.05, 0.1) is 18.0 Å². The van der Waals surface area contributed by atoms with E-state index in [1.165, 1.54) is 12.8 Å². The van der Waals surface area contributed by atoms with Crippen molar-refractivity contribution in [3.05, 3.63) is 35.5 Å². The SMILES string of the molecule is Clc1ccc(-c2cn3nc(N4CCC5OCCCC5C4)sc3n2)cc1. The van der Waals surface area contributed by atoms with E-state index in [-0.39, 0.29) is 0 Å². The zero-order valence-corrected chi connectivity index (χ0v) is 15.3. The smallest absolute Gasteiger partial charge is 0.214 e. The van der Waals surface area contributed by atoms with Gasteiger partial charge in [0.25, 0.3) is 0 Å². The van der Waals surface area contributed by atoms with E-state index in [4.69, 9.17) is 26.4 Å². The van der Waals surface area contributed by atoms with Gasteiger partial charge in [0.1, 0.15) is 0 Å². The largest absolute Gasteiger partial charge is 0.378 e. The van der Waals surface area contributed by atoms with E-state index >= 15 is 0 Å². The van der Waals surface area contributed by atoms with Crippen LogP contribution in [0.5, 0.6) is 0 Å². The monoisotopic (exact) mass is 374 g/mol. The maximum absolute atomic E-state index is 5.96. The maximum Gasteiger partial charge on any atom is 0.214 e. The van der Waals surface area contributed by atoms with Crippen molar-refractivity contribution in [2.75, 3.05) is 24.6 Å². The normalized spacial score (nSPS) is 23.8. The second-order valence-electron chi connectivity index (χ2n) is 6.79. The second-order valence-corrected chi connectivity index (χ2v) is 8.16. The molecule has 2 aromatic heterocycles. The van der Waals surface area contributed by atoms with Gasteiger partial charge < -0.3 is 9.64 Å². The van der Waals surface area contributed by atoms with Gasteiger partial charge in [-0.2, -0.15) is 0 Å². The molecule has 2 aliphatic rings. The summed E-state index contributed by atoms with van der Waals surface area (Å²) in [5.41, 5.74) is 1.99. The molecule has 0 amide bonds. The predicted molar refractivity (Wildman–Crippen MR) is 101 cm³/mol. The zero-order chi connectivity index (χ0) is 16.8. The Morgan fingerprint density at radius 3 is 2.92 bits per heavy atom. The van der Waals surface area contributed by atoms with Gasteiger partial charge >= 0.3 is 0 Å². The Morgan fingerprint density at radius 2 is 2.08 bits per heavy atom. The molecule has 2 unspecified atom stereocenters. The van der Waals surface area contributed by atoms with E-state index in [1.807, 2.05) is 35.0 Å². The van der Waals surface area contributed by atoms with Gasteiger partial charge in [-0.05, 0) is 31.4 Å². The lowest BCUT2D eigenvalue weighted by molar-refractivity contribution is -0.0357. The highest BCUT2D eigenvalue weighted by Crippen LogP contribution is 2.33. The molecular weight excluding hydrogens is 356 g/mol. The van der Waals surface area contributed by atoms with Crippen molar-refractivity contribution in [1.29, 1.82) is 0 Å². The highest BCUT2D eigenvalue weighted by molar-refractivity contribution is 7.20. The van der Waals surface area contributed by atoms with Gasteiger partial charge in [0.15, 0.2) is 0 Å². The van der Waals surface area contributed by atoms with Gasteiger partial charge in [-0.1, -0.05) is 35.1 Å². The predicted octanol–water partition coefficient (Wildman–Crippen LogP) is 4.12. The number of imidazole rings is 1. The minimum Gasteiger partial charge on any atom is -0.378 e. The Bertz CT molecular complexity index is 859. The first-order chi connectivity index (χ1) is 12.3. The van der Waals surface area contributed by atoms with E-state index in [0.717, 1.165) is 52.5 Å². The van der Waals surface area contributed by atoms with E-state index in [2.05, 4.69) is 4.90 Å². The summed E-state index contributed by atoms with van der Waals surface area (Å²) >= 11 is 7.62. The molecule has 2 fully saturated rings. The summed E-state index contributed by atoms with van der Waals surface area (Å²) in [4.78, 5) is 8.07. The van der Waals surface area contributed by atoms with Crippen LogP contribution in [0.2, 0.25) is 5.02 Å². The van der Waals surface area contributed by atoms with Crippen molar-refractivity contribution < 1.29 is 4.74 Å². The highest BCUT2D eigenvalue weighted by Gasteiger charge is 2.33. The molecule has 2 saturated heterocycles. The van der Waals surface area contributed by atoms with Crippen LogP contribution in [0.15, 0.2) is 30.5 Å². The number of aromatic nitrogens is 3. The summed E-state index contributed by atoms with van der Waals surface area (Å²) in [6, 6.07) is 7.76. The lowest BCUT2D eigenvalue weighted by Gasteiger charge is -2.40. The average Bonchev–Trinajstić information content (AvgIpc) is 3.21. The molecule has 1 aromatic carbocycles. The summed E-state index contributed by atoms with van der Waals surface area (Å²) in [6.45, 7) is 2.99. The topological polar surface area (TPSA) is 42.7 Å². The van der Waals surface area contributed by atoms with Gasteiger partial charge in [0, 0.05) is 36.2 Å². The molecule has 5 rings (SSSR count). The molecule has 0 N–H and O–H groups in total. The summed E-state index contributed by atoms with van der Waals surface area (Å²) in [6.07, 6.45) is 5.99. The number of benzene rings is 1. The number of hydrogen-bond donors (Lipinski definition) is 0. The Kier molecular flexibility index (Phi) is 3.91. The second kappa shape index (κ2) is 6.27. The molecule has 0 bridgehead atoms. The summed E-state index contributed by atoms with van der Waals surface area (Å²) in [5, 5.41) is 6.57. The molecule has 130 valence electrons. The lowest BCUT2D eigenvalue weighted by atomic mass is 9.89. The van der Waals surface area contributed by atoms with Gasteiger partial charge in [-0.25, -0.2) is 9.50 Å². The Morgan fingerprint density at radius 1 is 1.20 bits per heavy atom. The summed E-state index contributed by atoms with van der Waals surface area (Å²) < 4.78 is 7.81. The third-order valence-corrected chi connectivity index (χ3v) is 6.39. The summed E-state index contributed by atoms with van der Waals surface area (Å²) in [5.74, 6) is 0.642. The third kappa shape index (κ3) is 2.92. The number of piperidine rings is 1. The molecule has 0 radical (unpaired) electrons. The standard InChI is InChI=1S/C18H19ClN4OS/c19-14-5-3-12(4-6-14)15-11-23-17(20-15)25-18(21-23)22-8-7-16-13(10-22)2-1-9-24-16/h3-6,11,13,16H,1-2,7-10H2. The van der Waals surface area contributed by atoms with Gasteiger partial charge in [-0.3, -0.25) is 0 Å². The molecule has 0 saturated carbocycles. The average molecular weight is 375 g/mol. The maximum atomic E-state index is 5.96. The van der Waals surface area contributed by atoms with Crippen molar-refractivity contribution in [1.82, 2.24) is 14.6 Å². The van der Waals surface area contributed by atoms with Crippen molar-refractivity contribution >= 4 is 33.0 Å².